The van der Waals surface area contributed by atoms with Crippen molar-refractivity contribution in [2.75, 3.05) is 5.32 Å². The Balaban J connectivity index is 2.24. The first-order valence-electron chi connectivity index (χ1n) is 6.10. The molecule has 2 heterocycles. The second-order valence-corrected chi connectivity index (χ2v) is 5.02. The van der Waals surface area contributed by atoms with Crippen LogP contribution in [0.5, 0.6) is 0 Å². The molecule has 1 aromatic heterocycles. The third-order valence-corrected chi connectivity index (χ3v) is 3.39. The molecule has 2 amide bonds. The molecule has 0 fully saturated rings. The first kappa shape index (κ1) is 12.6. The lowest BCUT2D eigenvalue weighted by atomic mass is 10.0. The number of aromatic amines is 1. The van der Waals surface area contributed by atoms with Gasteiger partial charge in [0, 0.05) is 12.0 Å². The van der Waals surface area contributed by atoms with Gasteiger partial charge >= 0.3 is 0 Å². The van der Waals surface area contributed by atoms with Crippen molar-refractivity contribution in [3.8, 4) is 0 Å². The number of hydrogen-bond donors (Lipinski definition) is 2. The minimum atomic E-state index is -0.405. The Morgan fingerprint density at radius 3 is 2.94 bits per heavy atom. The van der Waals surface area contributed by atoms with Gasteiger partial charge < -0.3 is 10.2 Å². The fourth-order valence-electron chi connectivity index (χ4n) is 2.23. The Bertz CT molecular complexity index is 478. The first-order chi connectivity index (χ1) is 8.50. The number of fused-ring (bicyclic) bond motifs is 1. The van der Waals surface area contributed by atoms with E-state index < -0.39 is 5.54 Å². The van der Waals surface area contributed by atoms with Gasteiger partial charge in [0.2, 0.25) is 12.3 Å². The van der Waals surface area contributed by atoms with Crippen LogP contribution in [-0.2, 0) is 21.7 Å². The van der Waals surface area contributed by atoms with Gasteiger partial charge in [0.15, 0.2) is 5.82 Å². The molecule has 2 rings (SSSR count). The molecule has 6 nitrogen and oxygen atoms in total. The molecule has 0 bridgehead atoms. The van der Waals surface area contributed by atoms with E-state index in [1.165, 1.54) is 0 Å². The molecule has 0 spiro atoms. The van der Waals surface area contributed by atoms with Crippen LogP contribution in [0.15, 0.2) is 0 Å². The summed E-state index contributed by atoms with van der Waals surface area (Å²) in [6, 6.07) is 0. The second kappa shape index (κ2) is 4.44. The summed E-state index contributed by atoms with van der Waals surface area (Å²) in [7, 11) is 0. The van der Waals surface area contributed by atoms with E-state index >= 15 is 0 Å². The maximum Gasteiger partial charge on any atom is 0.225 e. The average molecular weight is 250 g/mol. The molecule has 6 heteroatoms. The van der Waals surface area contributed by atoms with Crippen molar-refractivity contribution in [1.82, 2.24) is 15.1 Å². The van der Waals surface area contributed by atoms with Crippen LogP contribution in [0, 0.1) is 0 Å². The third-order valence-electron chi connectivity index (χ3n) is 3.39. The number of nitrogens with one attached hydrogen (secondary N) is 2. The van der Waals surface area contributed by atoms with Crippen molar-refractivity contribution in [3.05, 3.63) is 11.3 Å². The molecule has 2 N–H and O–H groups in total. The van der Waals surface area contributed by atoms with Gasteiger partial charge in [-0.1, -0.05) is 6.92 Å². The average Bonchev–Trinajstić information content (AvgIpc) is 2.79. The van der Waals surface area contributed by atoms with E-state index in [0.717, 1.165) is 24.1 Å². The molecular weight excluding hydrogens is 232 g/mol. The van der Waals surface area contributed by atoms with Crippen LogP contribution >= 0.6 is 0 Å². The second-order valence-electron chi connectivity index (χ2n) is 5.02. The SMILES string of the molecule is CCCC(=O)Nc1n[nH]c2c1CN(C=O)C2(C)C. The van der Waals surface area contributed by atoms with E-state index in [-0.39, 0.29) is 5.91 Å². The van der Waals surface area contributed by atoms with Crippen molar-refractivity contribution in [1.29, 1.82) is 0 Å². The van der Waals surface area contributed by atoms with Crippen LogP contribution in [0.4, 0.5) is 5.82 Å². The topological polar surface area (TPSA) is 78.1 Å². The Hall–Kier alpha value is -1.85. The summed E-state index contributed by atoms with van der Waals surface area (Å²) in [4.78, 5) is 24.3. The molecule has 0 unspecified atom stereocenters. The smallest absolute Gasteiger partial charge is 0.225 e. The van der Waals surface area contributed by atoms with E-state index in [9.17, 15) is 9.59 Å². The van der Waals surface area contributed by atoms with Crippen molar-refractivity contribution in [2.24, 2.45) is 0 Å². The van der Waals surface area contributed by atoms with Crippen LogP contribution in [0.25, 0.3) is 0 Å². The van der Waals surface area contributed by atoms with E-state index in [4.69, 9.17) is 0 Å². The Morgan fingerprint density at radius 1 is 1.61 bits per heavy atom. The Labute approximate surface area is 106 Å². The lowest BCUT2D eigenvalue weighted by Crippen LogP contribution is -2.34. The monoisotopic (exact) mass is 250 g/mol. The minimum absolute atomic E-state index is 0.0471. The lowest BCUT2D eigenvalue weighted by molar-refractivity contribution is -0.123. The summed E-state index contributed by atoms with van der Waals surface area (Å²) >= 11 is 0. The van der Waals surface area contributed by atoms with E-state index in [1.54, 1.807) is 4.90 Å². The first-order valence-corrected chi connectivity index (χ1v) is 6.10. The largest absolute Gasteiger partial charge is 0.330 e. The Kier molecular flexibility index (Phi) is 3.11. The Morgan fingerprint density at radius 2 is 2.33 bits per heavy atom. The fourth-order valence-corrected chi connectivity index (χ4v) is 2.23. The molecule has 0 aliphatic carbocycles. The molecule has 0 aromatic carbocycles. The summed E-state index contributed by atoms with van der Waals surface area (Å²) in [5, 5.41) is 9.83. The van der Waals surface area contributed by atoms with Gasteiger partial charge in [-0.15, -0.1) is 0 Å². The predicted octanol–water partition coefficient (Wildman–Crippen LogP) is 1.36. The van der Waals surface area contributed by atoms with Gasteiger partial charge in [-0.2, -0.15) is 5.10 Å². The molecular formula is C12H18N4O2. The zero-order valence-electron chi connectivity index (χ0n) is 10.9. The normalized spacial score (nSPS) is 16.5. The van der Waals surface area contributed by atoms with Gasteiger partial charge in [0.25, 0.3) is 0 Å². The van der Waals surface area contributed by atoms with Gasteiger partial charge in [-0.05, 0) is 20.3 Å². The van der Waals surface area contributed by atoms with Crippen molar-refractivity contribution >= 4 is 18.1 Å². The number of aromatic nitrogens is 2. The zero-order valence-corrected chi connectivity index (χ0v) is 10.9. The summed E-state index contributed by atoms with van der Waals surface area (Å²) < 4.78 is 0. The fraction of sp³-hybridized carbons (Fsp3) is 0.583. The highest BCUT2D eigenvalue weighted by Gasteiger charge is 2.40. The van der Waals surface area contributed by atoms with Gasteiger partial charge in [-0.25, -0.2) is 0 Å². The number of H-pyrrole nitrogens is 1. The van der Waals surface area contributed by atoms with Gasteiger partial charge in [0.1, 0.15) is 0 Å². The molecule has 0 saturated heterocycles. The molecule has 1 aliphatic heterocycles. The quantitative estimate of drug-likeness (QED) is 0.792. The van der Waals surface area contributed by atoms with Crippen molar-refractivity contribution < 1.29 is 9.59 Å². The summed E-state index contributed by atoms with van der Waals surface area (Å²) in [5.41, 5.74) is 1.38. The number of nitrogens with zero attached hydrogens (tertiary/aromatic N) is 2. The molecule has 1 aromatic rings. The van der Waals surface area contributed by atoms with Crippen LogP contribution in [-0.4, -0.2) is 27.4 Å². The lowest BCUT2D eigenvalue weighted by Gasteiger charge is -2.27. The van der Waals surface area contributed by atoms with Crippen molar-refractivity contribution in [2.45, 2.75) is 45.7 Å². The molecule has 0 atom stereocenters. The molecule has 0 radical (unpaired) electrons. The van der Waals surface area contributed by atoms with Crippen LogP contribution in [0.2, 0.25) is 0 Å². The van der Waals surface area contributed by atoms with E-state index in [2.05, 4.69) is 15.5 Å². The number of amides is 2. The van der Waals surface area contributed by atoms with Crippen LogP contribution in [0.1, 0.15) is 44.9 Å². The standard InChI is InChI=1S/C12H18N4O2/c1-4-5-9(18)13-11-8-6-16(7-17)12(2,3)10(8)14-15-11/h7H,4-6H2,1-3H3,(H2,13,14,15,18). The maximum absolute atomic E-state index is 11.6. The van der Waals surface area contributed by atoms with Crippen LogP contribution in [0.3, 0.4) is 0 Å². The highest BCUT2D eigenvalue weighted by Crippen LogP contribution is 2.39. The summed E-state index contributed by atoms with van der Waals surface area (Å²) in [5.74, 6) is 0.495. The summed E-state index contributed by atoms with van der Waals surface area (Å²) in [6.07, 6.45) is 2.10. The molecule has 98 valence electrons. The number of hydrogen-bond acceptors (Lipinski definition) is 3. The maximum atomic E-state index is 11.6. The minimum Gasteiger partial charge on any atom is -0.330 e. The van der Waals surface area contributed by atoms with Gasteiger partial charge in [-0.3, -0.25) is 14.7 Å². The third kappa shape index (κ3) is 1.87. The molecule has 18 heavy (non-hydrogen) atoms. The predicted molar refractivity (Wildman–Crippen MR) is 66.8 cm³/mol. The van der Waals surface area contributed by atoms with E-state index in [1.807, 2.05) is 20.8 Å². The van der Waals surface area contributed by atoms with Crippen LogP contribution < -0.4 is 5.32 Å². The molecule has 1 aliphatic rings. The zero-order chi connectivity index (χ0) is 13.3. The number of carbonyl (C=O) groups excluding carboxylic acids is 2. The number of rotatable bonds is 4. The van der Waals surface area contributed by atoms with Crippen molar-refractivity contribution in [3.63, 3.8) is 0 Å². The number of carbonyl (C=O) groups is 2. The summed E-state index contributed by atoms with van der Waals surface area (Å²) in [6.45, 7) is 6.32. The highest BCUT2D eigenvalue weighted by molar-refractivity contribution is 5.90. The number of anilines is 1. The molecule has 0 saturated carbocycles. The highest BCUT2D eigenvalue weighted by atomic mass is 16.1. The van der Waals surface area contributed by atoms with E-state index in [0.29, 0.717) is 18.8 Å². The van der Waals surface area contributed by atoms with Gasteiger partial charge in [0.05, 0.1) is 17.8 Å².